The van der Waals surface area contributed by atoms with E-state index in [0.29, 0.717) is 6.54 Å². The molecule has 0 aliphatic rings. The Hall–Kier alpha value is -1.81. The van der Waals surface area contributed by atoms with Crippen molar-refractivity contribution in [3.8, 4) is 5.75 Å². The highest BCUT2D eigenvalue weighted by atomic mass is 16.5. The zero-order valence-corrected chi connectivity index (χ0v) is 12.3. The van der Waals surface area contributed by atoms with Crippen LogP contribution >= 0.6 is 0 Å². The maximum atomic E-state index is 5.61. The van der Waals surface area contributed by atoms with Gasteiger partial charge < -0.3 is 14.5 Å². The summed E-state index contributed by atoms with van der Waals surface area (Å²) in [7, 11) is 0. The van der Waals surface area contributed by atoms with E-state index in [9.17, 15) is 0 Å². The first kappa shape index (κ1) is 14.6. The van der Waals surface area contributed by atoms with Gasteiger partial charge in [0.1, 0.15) is 11.5 Å². The lowest BCUT2D eigenvalue weighted by Crippen LogP contribution is -2.13. The second-order valence-corrected chi connectivity index (χ2v) is 4.99. The number of rotatable bonds is 7. The Bertz CT molecular complexity index is 518. The summed E-state index contributed by atoms with van der Waals surface area (Å²) in [6, 6.07) is 8.13. The predicted molar refractivity (Wildman–Crippen MR) is 78.6 cm³/mol. The third kappa shape index (κ3) is 4.38. The van der Waals surface area contributed by atoms with Crippen LogP contribution in [0.15, 0.2) is 34.9 Å². The lowest BCUT2D eigenvalue weighted by atomic mass is 10.2. The van der Waals surface area contributed by atoms with Gasteiger partial charge >= 0.3 is 0 Å². The lowest BCUT2D eigenvalue weighted by Gasteiger charge is -2.10. The SMILES string of the molecule is CCc1cnc(CNCc2ccc(OC(C)C)cc2)o1. The molecule has 1 N–H and O–H groups in total. The van der Waals surface area contributed by atoms with Crippen molar-refractivity contribution in [1.29, 1.82) is 0 Å². The zero-order valence-electron chi connectivity index (χ0n) is 12.3. The van der Waals surface area contributed by atoms with E-state index in [1.807, 2.05) is 26.0 Å². The molecule has 0 radical (unpaired) electrons. The molecule has 108 valence electrons. The highest BCUT2D eigenvalue weighted by Gasteiger charge is 2.02. The summed E-state index contributed by atoms with van der Waals surface area (Å²) in [5, 5.41) is 3.32. The highest BCUT2D eigenvalue weighted by molar-refractivity contribution is 5.27. The van der Waals surface area contributed by atoms with Crippen molar-refractivity contribution in [2.45, 2.75) is 46.4 Å². The molecule has 0 spiro atoms. The minimum Gasteiger partial charge on any atom is -0.491 e. The normalized spacial score (nSPS) is 11.0. The van der Waals surface area contributed by atoms with Crippen LogP contribution in [-0.4, -0.2) is 11.1 Å². The van der Waals surface area contributed by atoms with E-state index in [2.05, 4.69) is 29.4 Å². The number of nitrogens with one attached hydrogen (secondary N) is 1. The molecule has 0 atom stereocenters. The van der Waals surface area contributed by atoms with Crippen molar-refractivity contribution < 1.29 is 9.15 Å². The molecule has 1 aromatic heterocycles. The fourth-order valence-corrected chi connectivity index (χ4v) is 1.87. The second-order valence-electron chi connectivity index (χ2n) is 4.99. The van der Waals surface area contributed by atoms with Gasteiger partial charge in [0.05, 0.1) is 18.8 Å². The standard InChI is InChI=1S/C16H22N2O2/c1-4-14-10-18-16(20-14)11-17-9-13-5-7-15(8-6-13)19-12(2)3/h5-8,10,12,17H,4,9,11H2,1-3H3. The molecule has 20 heavy (non-hydrogen) atoms. The predicted octanol–water partition coefficient (Wildman–Crippen LogP) is 3.31. The third-order valence-corrected chi connectivity index (χ3v) is 2.85. The number of oxazole rings is 1. The number of benzene rings is 1. The molecule has 4 heteroatoms. The average Bonchev–Trinajstić information content (AvgIpc) is 2.88. The Labute approximate surface area is 120 Å². The van der Waals surface area contributed by atoms with Crippen molar-refractivity contribution in [3.63, 3.8) is 0 Å². The van der Waals surface area contributed by atoms with Crippen molar-refractivity contribution in [3.05, 3.63) is 47.7 Å². The fourth-order valence-electron chi connectivity index (χ4n) is 1.87. The van der Waals surface area contributed by atoms with Crippen molar-refractivity contribution in [2.75, 3.05) is 0 Å². The quantitative estimate of drug-likeness (QED) is 0.841. The number of hydrogen-bond acceptors (Lipinski definition) is 4. The first-order valence-corrected chi connectivity index (χ1v) is 7.07. The number of ether oxygens (including phenoxy) is 1. The summed E-state index contributed by atoms with van der Waals surface area (Å²) in [4.78, 5) is 4.22. The first-order valence-electron chi connectivity index (χ1n) is 7.07. The third-order valence-electron chi connectivity index (χ3n) is 2.85. The molecule has 0 amide bonds. The number of nitrogens with zero attached hydrogens (tertiary/aromatic N) is 1. The summed E-state index contributed by atoms with van der Waals surface area (Å²) in [6.45, 7) is 7.53. The van der Waals surface area contributed by atoms with Crippen LogP contribution in [0.2, 0.25) is 0 Å². The van der Waals surface area contributed by atoms with Crippen LogP contribution in [0.25, 0.3) is 0 Å². The van der Waals surface area contributed by atoms with Gasteiger partial charge in [-0.15, -0.1) is 0 Å². The summed E-state index contributed by atoms with van der Waals surface area (Å²) in [5.74, 6) is 2.57. The molecule has 0 fully saturated rings. The molecular weight excluding hydrogens is 252 g/mol. The minimum absolute atomic E-state index is 0.205. The molecule has 1 aromatic carbocycles. The Morgan fingerprint density at radius 1 is 1.20 bits per heavy atom. The maximum absolute atomic E-state index is 5.61. The van der Waals surface area contributed by atoms with Gasteiger partial charge in [-0.2, -0.15) is 0 Å². The van der Waals surface area contributed by atoms with Gasteiger partial charge in [0, 0.05) is 13.0 Å². The van der Waals surface area contributed by atoms with Gasteiger partial charge in [-0.3, -0.25) is 0 Å². The molecule has 4 nitrogen and oxygen atoms in total. The minimum atomic E-state index is 0.205. The molecule has 0 saturated carbocycles. The fraction of sp³-hybridized carbons (Fsp3) is 0.438. The largest absolute Gasteiger partial charge is 0.491 e. The average molecular weight is 274 g/mol. The van der Waals surface area contributed by atoms with E-state index >= 15 is 0 Å². The van der Waals surface area contributed by atoms with Crippen LogP contribution < -0.4 is 10.1 Å². The maximum Gasteiger partial charge on any atom is 0.208 e. The van der Waals surface area contributed by atoms with Gasteiger partial charge in [0.2, 0.25) is 5.89 Å². The summed E-state index contributed by atoms with van der Waals surface area (Å²) < 4.78 is 11.2. The Balaban J connectivity index is 1.79. The molecule has 0 aliphatic heterocycles. The molecule has 0 aliphatic carbocycles. The highest BCUT2D eigenvalue weighted by Crippen LogP contribution is 2.13. The van der Waals surface area contributed by atoms with Crippen LogP contribution in [-0.2, 0) is 19.5 Å². The monoisotopic (exact) mass is 274 g/mol. The molecule has 2 rings (SSSR count). The van der Waals surface area contributed by atoms with Crippen molar-refractivity contribution in [2.24, 2.45) is 0 Å². The van der Waals surface area contributed by atoms with Crippen molar-refractivity contribution in [1.82, 2.24) is 10.3 Å². The van der Waals surface area contributed by atoms with Gasteiger partial charge in [-0.1, -0.05) is 19.1 Å². The van der Waals surface area contributed by atoms with Crippen LogP contribution in [0.1, 0.15) is 38.0 Å². The van der Waals surface area contributed by atoms with E-state index in [-0.39, 0.29) is 6.10 Å². The van der Waals surface area contributed by atoms with E-state index in [4.69, 9.17) is 9.15 Å². The first-order chi connectivity index (χ1) is 9.67. The van der Waals surface area contributed by atoms with Gasteiger partial charge in [-0.05, 0) is 31.5 Å². The van der Waals surface area contributed by atoms with Gasteiger partial charge in [-0.25, -0.2) is 4.98 Å². The number of hydrogen-bond donors (Lipinski definition) is 1. The molecule has 0 bridgehead atoms. The van der Waals surface area contributed by atoms with Crippen LogP contribution in [0.5, 0.6) is 5.75 Å². The van der Waals surface area contributed by atoms with Crippen LogP contribution in [0, 0.1) is 0 Å². The van der Waals surface area contributed by atoms with E-state index in [0.717, 1.165) is 30.4 Å². The summed E-state index contributed by atoms with van der Waals surface area (Å²) in [5.41, 5.74) is 1.21. The van der Waals surface area contributed by atoms with Gasteiger partial charge in [0.25, 0.3) is 0 Å². The summed E-state index contributed by atoms with van der Waals surface area (Å²) >= 11 is 0. The smallest absolute Gasteiger partial charge is 0.208 e. The molecule has 2 aromatic rings. The molecule has 0 saturated heterocycles. The lowest BCUT2D eigenvalue weighted by molar-refractivity contribution is 0.242. The van der Waals surface area contributed by atoms with Gasteiger partial charge in [0.15, 0.2) is 0 Å². The number of aryl methyl sites for hydroxylation is 1. The van der Waals surface area contributed by atoms with Crippen molar-refractivity contribution >= 4 is 0 Å². The Morgan fingerprint density at radius 3 is 2.55 bits per heavy atom. The van der Waals surface area contributed by atoms with Crippen LogP contribution in [0.3, 0.4) is 0 Å². The molecule has 0 unspecified atom stereocenters. The zero-order chi connectivity index (χ0) is 14.4. The Kier molecular flexibility index (Phi) is 5.18. The topological polar surface area (TPSA) is 47.3 Å². The second kappa shape index (κ2) is 7.10. The number of aromatic nitrogens is 1. The van der Waals surface area contributed by atoms with Crippen LogP contribution in [0.4, 0.5) is 0 Å². The Morgan fingerprint density at radius 2 is 1.95 bits per heavy atom. The van der Waals surface area contributed by atoms with E-state index in [1.165, 1.54) is 5.56 Å². The molecule has 1 heterocycles. The van der Waals surface area contributed by atoms with E-state index in [1.54, 1.807) is 6.20 Å². The molecular formula is C16H22N2O2. The van der Waals surface area contributed by atoms with E-state index < -0.39 is 0 Å². The summed E-state index contributed by atoms with van der Waals surface area (Å²) in [6.07, 6.45) is 2.87.